The third kappa shape index (κ3) is 7.64. The third-order valence-corrected chi connectivity index (χ3v) is 6.63. The Morgan fingerprint density at radius 2 is 1.97 bits per heavy atom. The summed E-state index contributed by atoms with van der Waals surface area (Å²) in [5.41, 5.74) is 2.16. The molecule has 1 aliphatic heterocycles. The summed E-state index contributed by atoms with van der Waals surface area (Å²) in [5.74, 6) is 2.33. The third-order valence-electron chi connectivity index (χ3n) is 6.10. The highest BCUT2D eigenvalue weighted by molar-refractivity contribution is 9.10. The zero-order chi connectivity index (χ0) is 24.6. The predicted molar refractivity (Wildman–Crippen MR) is 139 cm³/mol. The van der Waals surface area contributed by atoms with Gasteiger partial charge in [0.15, 0.2) is 0 Å². The molecule has 2 heterocycles. The summed E-state index contributed by atoms with van der Waals surface area (Å²) in [6.45, 7) is 7.04. The van der Waals surface area contributed by atoms with Crippen LogP contribution in [-0.2, 0) is 17.8 Å². The van der Waals surface area contributed by atoms with E-state index >= 15 is 0 Å². The molecule has 0 unspecified atom stereocenters. The first-order valence-electron chi connectivity index (χ1n) is 12.3. The maximum atomic E-state index is 12.6. The Labute approximate surface area is 215 Å². The van der Waals surface area contributed by atoms with Crippen LogP contribution in [0.2, 0.25) is 0 Å². The first-order chi connectivity index (χ1) is 17.0. The molecular formula is C27H33BrN4O3. The Bertz CT molecular complexity index is 1090. The number of amides is 1. The number of benzene rings is 2. The zero-order valence-electron chi connectivity index (χ0n) is 20.4. The molecule has 1 amide bonds. The van der Waals surface area contributed by atoms with Gasteiger partial charge in [0.1, 0.15) is 5.75 Å². The first-order valence-corrected chi connectivity index (χ1v) is 13.1. The molecule has 1 saturated heterocycles. The van der Waals surface area contributed by atoms with Crippen LogP contribution in [0.3, 0.4) is 0 Å². The van der Waals surface area contributed by atoms with Gasteiger partial charge in [-0.2, -0.15) is 4.98 Å². The monoisotopic (exact) mass is 540 g/mol. The molecule has 7 nitrogen and oxygen atoms in total. The number of rotatable bonds is 10. The van der Waals surface area contributed by atoms with E-state index in [9.17, 15) is 4.79 Å². The molecule has 1 aromatic heterocycles. The van der Waals surface area contributed by atoms with Crippen molar-refractivity contribution in [2.45, 2.75) is 52.2 Å². The highest BCUT2D eigenvalue weighted by Gasteiger charge is 2.25. The van der Waals surface area contributed by atoms with Gasteiger partial charge >= 0.3 is 0 Å². The molecule has 0 atom stereocenters. The van der Waals surface area contributed by atoms with Gasteiger partial charge in [-0.1, -0.05) is 33.2 Å². The number of carbonyl (C=O) groups is 1. The maximum Gasteiger partial charge on any atom is 0.241 e. The molecule has 2 aromatic carbocycles. The van der Waals surface area contributed by atoms with Crippen LogP contribution in [-0.4, -0.2) is 46.7 Å². The summed E-state index contributed by atoms with van der Waals surface area (Å²) in [5, 5.41) is 7.23. The second-order valence-electron chi connectivity index (χ2n) is 9.28. The van der Waals surface area contributed by atoms with Crippen molar-refractivity contribution in [3.05, 3.63) is 64.5 Å². The number of nitrogens with zero attached hydrogens (tertiary/aromatic N) is 3. The van der Waals surface area contributed by atoms with Crippen LogP contribution < -0.4 is 10.1 Å². The minimum absolute atomic E-state index is 0.0648. The van der Waals surface area contributed by atoms with E-state index in [2.05, 4.69) is 48.4 Å². The SMILES string of the molecule is CC(C)Oc1cccc(CCCNC(=O)C2CCN(Cc3nc(-c4ccc(Br)cc4)no3)CC2)c1. The number of ether oxygens (including phenoxy) is 1. The molecule has 1 fully saturated rings. The number of aromatic nitrogens is 2. The van der Waals surface area contributed by atoms with Gasteiger partial charge in [0.05, 0.1) is 12.6 Å². The second kappa shape index (κ2) is 12.3. The maximum absolute atomic E-state index is 12.6. The molecule has 0 aliphatic carbocycles. The second-order valence-corrected chi connectivity index (χ2v) is 10.2. The van der Waals surface area contributed by atoms with Crippen molar-refractivity contribution < 1.29 is 14.1 Å². The van der Waals surface area contributed by atoms with Crippen molar-refractivity contribution in [1.82, 2.24) is 20.4 Å². The molecule has 3 aromatic rings. The largest absolute Gasteiger partial charge is 0.491 e. The first kappa shape index (κ1) is 25.4. The lowest BCUT2D eigenvalue weighted by Crippen LogP contribution is -2.40. The van der Waals surface area contributed by atoms with Gasteiger partial charge in [-0.3, -0.25) is 9.69 Å². The van der Waals surface area contributed by atoms with Gasteiger partial charge in [0.2, 0.25) is 17.6 Å². The fraction of sp³-hybridized carbons (Fsp3) is 0.444. The molecule has 0 radical (unpaired) electrons. The van der Waals surface area contributed by atoms with Crippen LogP contribution >= 0.6 is 15.9 Å². The molecule has 4 rings (SSSR count). The lowest BCUT2D eigenvalue weighted by atomic mass is 9.96. The average Bonchev–Trinajstić information content (AvgIpc) is 3.31. The Morgan fingerprint density at radius 3 is 2.71 bits per heavy atom. The van der Waals surface area contributed by atoms with Gasteiger partial charge in [-0.05, 0) is 94.6 Å². The van der Waals surface area contributed by atoms with Crippen LogP contribution in [0.5, 0.6) is 5.75 Å². The molecule has 0 saturated carbocycles. The summed E-state index contributed by atoms with van der Waals surface area (Å²) in [6.07, 6.45) is 3.67. The van der Waals surface area contributed by atoms with Crippen LogP contribution in [0.25, 0.3) is 11.4 Å². The van der Waals surface area contributed by atoms with Gasteiger partial charge in [0.25, 0.3) is 0 Å². The van der Waals surface area contributed by atoms with E-state index in [1.165, 1.54) is 5.56 Å². The van der Waals surface area contributed by atoms with Crippen LogP contribution in [0.1, 0.15) is 44.6 Å². The van der Waals surface area contributed by atoms with Crippen molar-refractivity contribution in [2.24, 2.45) is 5.92 Å². The molecule has 186 valence electrons. The fourth-order valence-corrected chi connectivity index (χ4v) is 4.54. The van der Waals surface area contributed by atoms with Crippen molar-refractivity contribution in [3.8, 4) is 17.1 Å². The molecule has 0 spiro atoms. The van der Waals surface area contributed by atoms with Crippen molar-refractivity contribution in [1.29, 1.82) is 0 Å². The number of nitrogens with one attached hydrogen (secondary N) is 1. The van der Waals surface area contributed by atoms with E-state index in [0.29, 0.717) is 24.8 Å². The van der Waals surface area contributed by atoms with Gasteiger partial charge in [-0.15, -0.1) is 0 Å². The summed E-state index contributed by atoms with van der Waals surface area (Å²) in [4.78, 5) is 19.4. The van der Waals surface area contributed by atoms with E-state index in [-0.39, 0.29) is 17.9 Å². The van der Waals surface area contributed by atoms with Crippen LogP contribution in [0.4, 0.5) is 0 Å². The highest BCUT2D eigenvalue weighted by atomic mass is 79.9. The zero-order valence-corrected chi connectivity index (χ0v) is 22.0. The Kier molecular flexibility index (Phi) is 8.93. The van der Waals surface area contributed by atoms with E-state index in [0.717, 1.165) is 54.6 Å². The molecule has 0 bridgehead atoms. The Balaban J connectivity index is 1.15. The predicted octanol–water partition coefficient (Wildman–Crippen LogP) is 5.25. The molecular weight excluding hydrogens is 508 g/mol. The fourth-order valence-electron chi connectivity index (χ4n) is 4.27. The number of carbonyl (C=O) groups excluding carboxylic acids is 1. The quantitative estimate of drug-likeness (QED) is 0.354. The molecule has 35 heavy (non-hydrogen) atoms. The molecule has 1 aliphatic rings. The van der Waals surface area contributed by atoms with Gasteiger partial charge in [0, 0.05) is 22.5 Å². The van der Waals surface area contributed by atoms with E-state index < -0.39 is 0 Å². The number of piperidine rings is 1. The molecule has 1 N–H and O–H groups in total. The van der Waals surface area contributed by atoms with Crippen molar-refractivity contribution in [2.75, 3.05) is 19.6 Å². The summed E-state index contributed by atoms with van der Waals surface area (Å²) in [6, 6.07) is 16.0. The summed E-state index contributed by atoms with van der Waals surface area (Å²) < 4.78 is 12.2. The summed E-state index contributed by atoms with van der Waals surface area (Å²) in [7, 11) is 0. The van der Waals surface area contributed by atoms with Crippen LogP contribution in [0, 0.1) is 5.92 Å². The minimum atomic E-state index is 0.0648. The van der Waals surface area contributed by atoms with E-state index in [4.69, 9.17) is 9.26 Å². The lowest BCUT2D eigenvalue weighted by Gasteiger charge is -2.30. The number of halogens is 1. The van der Waals surface area contributed by atoms with Crippen molar-refractivity contribution in [3.63, 3.8) is 0 Å². The highest BCUT2D eigenvalue weighted by Crippen LogP contribution is 2.22. The van der Waals surface area contributed by atoms with Gasteiger partial charge < -0.3 is 14.6 Å². The van der Waals surface area contributed by atoms with E-state index in [1.54, 1.807) is 0 Å². The van der Waals surface area contributed by atoms with Crippen LogP contribution in [0.15, 0.2) is 57.5 Å². The normalized spacial score (nSPS) is 14.9. The number of hydrogen-bond donors (Lipinski definition) is 1. The Morgan fingerprint density at radius 1 is 1.20 bits per heavy atom. The van der Waals surface area contributed by atoms with Crippen molar-refractivity contribution >= 4 is 21.8 Å². The van der Waals surface area contributed by atoms with E-state index in [1.807, 2.05) is 50.2 Å². The smallest absolute Gasteiger partial charge is 0.241 e. The lowest BCUT2D eigenvalue weighted by molar-refractivity contribution is -0.126. The number of likely N-dealkylation sites (tertiary alicyclic amines) is 1. The standard InChI is InChI=1S/C27H33BrN4O3/c1-19(2)34-24-7-3-5-20(17-24)6-4-14-29-27(33)22-12-15-32(16-13-22)18-25-30-26(31-35-25)21-8-10-23(28)11-9-21/h3,5,7-11,17,19,22H,4,6,12-16,18H2,1-2H3,(H,29,33). The number of hydrogen-bond acceptors (Lipinski definition) is 6. The van der Waals surface area contributed by atoms with Gasteiger partial charge in [-0.25, -0.2) is 0 Å². The minimum Gasteiger partial charge on any atom is -0.491 e. The molecule has 8 heteroatoms. The summed E-state index contributed by atoms with van der Waals surface area (Å²) >= 11 is 3.44. The average molecular weight is 541 g/mol. The topological polar surface area (TPSA) is 80.5 Å². The Hall–Kier alpha value is -2.71. The number of aryl methyl sites for hydroxylation is 1.